The number of carbonyl (C=O) groups excluding carboxylic acids is 1. The van der Waals surface area contributed by atoms with Crippen molar-refractivity contribution in [2.45, 2.75) is 37.8 Å². The monoisotopic (exact) mass is 265 g/mol. The molecule has 0 aromatic heterocycles. The Balaban J connectivity index is 1.93. The van der Waals surface area contributed by atoms with Crippen LogP contribution in [0.5, 0.6) is 0 Å². The Bertz CT molecular complexity index is 463. The third kappa shape index (κ3) is 2.13. The summed E-state index contributed by atoms with van der Waals surface area (Å²) < 4.78 is 5.65. The minimum Gasteiger partial charge on any atom is -0.366 e. The second kappa shape index (κ2) is 4.90. The van der Waals surface area contributed by atoms with Crippen molar-refractivity contribution in [1.29, 1.82) is 0 Å². The number of morpholine rings is 1. The molecule has 1 aromatic carbocycles. The van der Waals surface area contributed by atoms with Gasteiger partial charge in [0, 0.05) is 10.7 Å². The fourth-order valence-corrected chi connectivity index (χ4v) is 3.15. The summed E-state index contributed by atoms with van der Waals surface area (Å²) in [6.45, 7) is 0.188. The van der Waals surface area contributed by atoms with Crippen LogP contribution in [0.2, 0.25) is 5.02 Å². The van der Waals surface area contributed by atoms with Crippen LogP contribution in [0.25, 0.3) is 0 Å². The summed E-state index contributed by atoms with van der Waals surface area (Å²) in [5.41, 5.74) is 0.896. The Labute approximate surface area is 112 Å². The number of nitrogens with zero attached hydrogens (tertiary/aromatic N) is 1. The van der Waals surface area contributed by atoms with Crippen LogP contribution in [0.15, 0.2) is 24.3 Å². The van der Waals surface area contributed by atoms with Crippen LogP contribution in [0.4, 0.5) is 5.69 Å². The van der Waals surface area contributed by atoms with E-state index in [4.69, 9.17) is 16.3 Å². The molecule has 96 valence electrons. The molecular weight excluding hydrogens is 250 g/mol. The average molecular weight is 266 g/mol. The van der Waals surface area contributed by atoms with Crippen LogP contribution in [-0.2, 0) is 9.53 Å². The molecule has 0 N–H and O–H groups in total. The molecule has 1 aliphatic carbocycles. The molecule has 0 radical (unpaired) electrons. The molecule has 2 atom stereocenters. The Kier molecular flexibility index (Phi) is 3.27. The van der Waals surface area contributed by atoms with Gasteiger partial charge in [0.25, 0.3) is 5.91 Å². The first kappa shape index (κ1) is 12.0. The minimum atomic E-state index is 0.0421. The first-order valence-corrected chi connectivity index (χ1v) is 6.83. The summed E-state index contributed by atoms with van der Waals surface area (Å²) in [5, 5.41) is 0.666. The summed E-state index contributed by atoms with van der Waals surface area (Å²) in [4.78, 5) is 14.0. The van der Waals surface area contributed by atoms with E-state index in [1.165, 1.54) is 6.42 Å². The van der Waals surface area contributed by atoms with Crippen LogP contribution >= 0.6 is 11.6 Å². The molecule has 1 aromatic rings. The van der Waals surface area contributed by atoms with Crippen LogP contribution in [0, 0.1) is 0 Å². The molecule has 18 heavy (non-hydrogen) atoms. The van der Waals surface area contributed by atoms with Gasteiger partial charge in [-0.25, -0.2) is 0 Å². The summed E-state index contributed by atoms with van der Waals surface area (Å²) in [6, 6.07) is 7.70. The Morgan fingerprint density at radius 2 is 2.11 bits per heavy atom. The van der Waals surface area contributed by atoms with E-state index >= 15 is 0 Å². The van der Waals surface area contributed by atoms with Gasteiger partial charge in [-0.1, -0.05) is 30.5 Å². The lowest BCUT2D eigenvalue weighted by Gasteiger charge is -2.43. The van der Waals surface area contributed by atoms with E-state index in [1.54, 1.807) is 0 Å². The molecule has 0 spiro atoms. The lowest BCUT2D eigenvalue weighted by atomic mass is 9.89. The van der Waals surface area contributed by atoms with E-state index in [0.717, 1.165) is 24.9 Å². The zero-order chi connectivity index (χ0) is 12.5. The van der Waals surface area contributed by atoms with Gasteiger partial charge in [0.15, 0.2) is 0 Å². The third-order valence-corrected chi connectivity index (χ3v) is 4.01. The molecule has 2 aliphatic rings. The summed E-state index contributed by atoms with van der Waals surface area (Å²) in [7, 11) is 0. The highest BCUT2D eigenvalue weighted by molar-refractivity contribution is 6.30. The zero-order valence-corrected chi connectivity index (χ0v) is 10.9. The first-order valence-electron chi connectivity index (χ1n) is 6.45. The number of benzene rings is 1. The van der Waals surface area contributed by atoms with Gasteiger partial charge in [0.1, 0.15) is 6.61 Å². The number of fused-ring (bicyclic) bond motifs is 1. The summed E-state index contributed by atoms with van der Waals surface area (Å²) in [6.07, 6.45) is 4.61. The number of carbonyl (C=O) groups is 1. The Morgan fingerprint density at radius 3 is 2.94 bits per heavy atom. The largest absolute Gasteiger partial charge is 0.366 e. The maximum absolute atomic E-state index is 12.1. The molecule has 3 rings (SSSR count). The molecule has 2 fully saturated rings. The zero-order valence-electron chi connectivity index (χ0n) is 10.1. The van der Waals surface area contributed by atoms with Crippen molar-refractivity contribution in [3.05, 3.63) is 29.3 Å². The van der Waals surface area contributed by atoms with Gasteiger partial charge in [0.2, 0.25) is 0 Å². The standard InChI is InChI=1S/C14H16ClNO2/c15-10-4-3-5-11(8-10)16-12-6-1-2-7-13(12)18-9-14(16)17/h3-5,8,12-13H,1-2,6-7,9H2/t12-,13-/m0/s1. The van der Waals surface area contributed by atoms with E-state index < -0.39 is 0 Å². The average Bonchev–Trinajstić information content (AvgIpc) is 2.38. The minimum absolute atomic E-state index is 0.0421. The second-order valence-corrected chi connectivity index (χ2v) is 5.38. The maximum Gasteiger partial charge on any atom is 0.253 e. The third-order valence-electron chi connectivity index (χ3n) is 3.78. The van der Waals surface area contributed by atoms with Crippen LogP contribution in [-0.4, -0.2) is 24.7 Å². The number of ether oxygens (including phenoxy) is 1. The molecule has 3 nitrogen and oxygen atoms in total. The number of amides is 1. The fraction of sp³-hybridized carbons (Fsp3) is 0.500. The summed E-state index contributed by atoms with van der Waals surface area (Å²) in [5.74, 6) is 0.0421. The van der Waals surface area contributed by atoms with E-state index in [-0.39, 0.29) is 24.7 Å². The van der Waals surface area contributed by atoms with Crippen molar-refractivity contribution in [2.24, 2.45) is 0 Å². The topological polar surface area (TPSA) is 29.5 Å². The predicted molar refractivity (Wildman–Crippen MR) is 70.9 cm³/mol. The second-order valence-electron chi connectivity index (χ2n) is 4.94. The van der Waals surface area contributed by atoms with Gasteiger partial charge < -0.3 is 9.64 Å². The lowest BCUT2D eigenvalue weighted by molar-refractivity contribution is -0.133. The predicted octanol–water partition coefficient (Wildman–Crippen LogP) is 3.01. The normalized spacial score (nSPS) is 28.1. The molecule has 1 heterocycles. The molecule has 0 bridgehead atoms. The van der Waals surface area contributed by atoms with Gasteiger partial charge in [-0.3, -0.25) is 4.79 Å². The SMILES string of the molecule is O=C1CO[C@H]2CCCC[C@@H]2N1c1cccc(Cl)c1. The number of anilines is 1. The highest BCUT2D eigenvalue weighted by Crippen LogP contribution is 2.33. The highest BCUT2D eigenvalue weighted by Gasteiger charge is 2.38. The van der Waals surface area contributed by atoms with Crippen LogP contribution in [0.1, 0.15) is 25.7 Å². The maximum atomic E-state index is 12.1. The fourth-order valence-electron chi connectivity index (χ4n) is 2.96. The van der Waals surface area contributed by atoms with Gasteiger partial charge in [-0.15, -0.1) is 0 Å². The van der Waals surface area contributed by atoms with Crippen molar-refractivity contribution in [3.8, 4) is 0 Å². The molecule has 1 amide bonds. The quantitative estimate of drug-likeness (QED) is 0.781. The number of halogens is 1. The molecule has 4 heteroatoms. The smallest absolute Gasteiger partial charge is 0.253 e. The van der Waals surface area contributed by atoms with Gasteiger partial charge >= 0.3 is 0 Å². The highest BCUT2D eigenvalue weighted by atomic mass is 35.5. The Morgan fingerprint density at radius 1 is 1.28 bits per heavy atom. The molecule has 1 aliphatic heterocycles. The van der Waals surface area contributed by atoms with Crippen LogP contribution in [0.3, 0.4) is 0 Å². The Hall–Kier alpha value is -1.06. The van der Waals surface area contributed by atoms with Gasteiger partial charge in [-0.05, 0) is 31.0 Å². The van der Waals surface area contributed by atoms with Crippen LogP contribution < -0.4 is 4.90 Å². The molecule has 1 saturated carbocycles. The summed E-state index contributed by atoms with van der Waals surface area (Å²) >= 11 is 6.02. The number of hydrogen-bond donors (Lipinski definition) is 0. The molecular formula is C14H16ClNO2. The van der Waals surface area contributed by atoms with Crippen molar-refractivity contribution >= 4 is 23.2 Å². The molecule has 1 saturated heterocycles. The van der Waals surface area contributed by atoms with Crippen molar-refractivity contribution in [2.75, 3.05) is 11.5 Å². The van der Waals surface area contributed by atoms with E-state index in [9.17, 15) is 4.79 Å². The number of hydrogen-bond acceptors (Lipinski definition) is 2. The van der Waals surface area contributed by atoms with Crippen molar-refractivity contribution in [3.63, 3.8) is 0 Å². The molecule has 0 unspecified atom stereocenters. The van der Waals surface area contributed by atoms with E-state index in [2.05, 4.69) is 0 Å². The van der Waals surface area contributed by atoms with E-state index in [1.807, 2.05) is 29.2 Å². The lowest BCUT2D eigenvalue weighted by Crippen LogP contribution is -2.55. The first-order chi connectivity index (χ1) is 8.75. The van der Waals surface area contributed by atoms with Crippen molar-refractivity contribution in [1.82, 2.24) is 0 Å². The van der Waals surface area contributed by atoms with Gasteiger partial charge in [-0.2, -0.15) is 0 Å². The van der Waals surface area contributed by atoms with Crippen molar-refractivity contribution < 1.29 is 9.53 Å². The van der Waals surface area contributed by atoms with E-state index in [0.29, 0.717) is 5.02 Å². The van der Waals surface area contributed by atoms with Gasteiger partial charge in [0.05, 0.1) is 12.1 Å². The number of rotatable bonds is 1.